The first-order valence-corrected chi connectivity index (χ1v) is 6.12. The van der Waals surface area contributed by atoms with Gasteiger partial charge in [0, 0.05) is 11.8 Å². The lowest BCUT2D eigenvalue weighted by atomic mass is 9.92. The second-order valence-electron chi connectivity index (χ2n) is 4.77. The van der Waals surface area contributed by atoms with Crippen LogP contribution in [0.5, 0.6) is 0 Å². The minimum Gasteiger partial charge on any atom is -0.363 e. The standard InChI is InChI=1S/C15H17N3O/c1-8-7-9(2)11(4)13(10(8)3)12-5-6-17-15(18-12)14(16)19/h5-7H,1-4H3,(H2,16,19). The molecule has 2 rings (SSSR count). The third-order valence-electron chi connectivity index (χ3n) is 3.50. The number of carbonyl (C=O) groups excluding carboxylic acids is 1. The maximum Gasteiger partial charge on any atom is 0.286 e. The van der Waals surface area contributed by atoms with Crippen molar-refractivity contribution in [1.82, 2.24) is 9.97 Å². The smallest absolute Gasteiger partial charge is 0.286 e. The van der Waals surface area contributed by atoms with Crippen molar-refractivity contribution in [2.24, 2.45) is 5.73 Å². The van der Waals surface area contributed by atoms with E-state index in [1.807, 2.05) is 0 Å². The van der Waals surface area contributed by atoms with E-state index in [9.17, 15) is 4.79 Å². The summed E-state index contributed by atoms with van der Waals surface area (Å²) < 4.78 is 0. The Labute approximate surface area is 112 Å². The fourth-order valence-electron chi connectivity index (χ4n) is 2.22. The normalized spacial score (nSPS) is 10.5. The van der Waals surface area contributed by atoms with E-state index in [-0.39, 0.29) is 5.82 Å². The lowest BCUT2D eigenvalue weighted by molar-refractivity contribution is 0.0990. The van der Waals surface area contributed by atoms with Gasteiger partial charge in [-0.2, -0.15) is 0 Å². The summed E-state index contributed by atoms with van der Waals surface area (Å²) in [4.78, 5) is 19.3. The van der Waals surface area contributed by atoms with Gasteiger partial charge in [-0.05, 0) is 56.0 Å². The fourth-order valence-corrected chi connectivity index (χ4v) is 2.22. The maximum atomic E-state index is 11.2. The van der Waals surface area contributed by atoms with Crippen LogP contribution in [0.3, 0.4) is 0 Å². The lowest BCUT2D eigenvalue weighted by Gasteiger charge is -2.14. The molecule has 0 unspecified atom stereocenters. The Morgan fingerprint density at radius 2 is 1.68 bits per heavy atom. The van der Waals surface area contributed by atoms with Gasteiger partial charge in [0.05, 0.1) is 5.69 Å². The van der Waals surface area contributed by atoms with Gasteiger partial charge >= 0.3 is 0 Å². The number of nitrogens with two attached hydrogens (primary N) is 1. The molecule has 0 spiro atoms. The number of carbonyl (C=O) groups is 1. The number of benzene rings is 1. The summed E-state index contributed by atoms with van der Waals surface area (Å²) in [5.74, 6) is -0.558. The van der Waals surface area contributed by atoms with Crippen molar-refractivity contribution in [2.75, 3.05) is 0 Å². The van der Waals surface area contributed by atoms with Gasteiger partial charge in [0.2, 0.25) is 5.82 Å². The highest BCUT2D eigenvalue weighted by Crippen LogP contribution is 2.30. The second-order valence-corrected chi connectivity index (χ2v) is 4.77. The Balaban J connectivity index is 2.72. The Morgan fingerprint density at radius 1 is 1.11 bits per heavy atom. The number of rotatable bonds is 2. The Morgan fingerprint density at radius 3 is 2.21 bits per heavy atom. The summed E-state index contributed by atoms with van der Waals surface area (Å²) in [7, 11) is 0. The molecule has 1 amide bonds. The highest BCUT2D eigenvalue weighted by atomic mass is 16.1. The van der Waals surface area contributed by atoms with Crippen molar-refractivity contribution in [1.29, 1.82) is 0 Å². The van der Waals surface area contributed by atoms with Crippen LogP contribution < -0.4 is 5.73 Å². The quantitative estimate of drug-likeness (QED) is 0.896. The summed E-state index contributed by atoms with van der Waals surface area (Å²) >= 11 is 0. The van der Waals surface area contributed by atoms with Crippen molar-refractivity contribution in [3.05, 3.63) is 46.4 Å². The zero-order valence-corrected chi connectivity index (χ0v) is 11.6. The minimum absolute atomic E-state index is 0.0514. The molecule has 0 fully saturated rings. The summed E-state index contributed by atoms with van der Waals surface area (Å²) in [6.45, 7) is 8.26. The summed E-state index contributed by atoms with van der Waals surface area (Å²) in [5, 5.41) is 0. The summed E-state index contributed by atoms with van der Waals surface area (Å²) in [6.07, 6.45) is 1.57. The van der Waals surface area contributed by atoms with Gasteiger partial charge in [0.15, 0.2) is 0 Å². The molecule has 1 aromatic carbocycles. The average molecular weight is 255 g/mol. The number of hydrogen-bond donors (Lipinski definition) is 1. The third kappa shape index (κ3) is 2.34. The number of primary amides is 1. The monoisotopic (exact) mass is 255 g/mol. The summed E-state index contributed by atoms with van der Waals surface area (Å²) in [6, 6.07) is 3.96. The highest BCUT2D eigenvalue weighted by molar-refractivity contribution is 5.89. The number of aromatic nitrogens is 2. The van der Waals surface area contributed by atoms with Crippen LogP contribution in [0.25, 0.3) is 11.3 Å². The van der Waals surface area contributed by atoms with E-state index < -0.39 is 5.91 Å². The number of nitrogens with zero attached hydrogens (tertiary/aromatic N) is 2. The van der Waals surface area contributed by atoms with Crippen LogP contribution in [0.4, 0.5) is 0 Å². The van der Waals surface area contributed by atoms with Gasteiger partial charge in [-0.25, -0.2) is 9.97 Å². The van der Waals surface area contributed by atoms with Gasteiger partial charge in [0.25, 0.3) is 5.91 Å². The SMILES string of the molecule is Cc1cc(C)c(C)c(-c2ccnc(C(N)=O)n2)c1C. The van der Waals surface area contributed by atoms with Crippen LogP contribution in [-0.2, 0) is 0 Å². The predicted octanol–water partition coefficient (Wildman–Crippen LogP) is 2.48. The van der Waals surface area contributed by atoms with Gasteiger partial charge in [-0.1, -0.05) is 6.07 Å². The van der Waals surface area contributed by atoms with Gasteiger partial charge < -0.3 is 5.73 Å². The number of aryl methyl sites for hydroxylation is 2. The molecule has 2 aromatic rings. The first kappa shape index (κ1) is 13.2. The first-order chi connectivity index (χ1) is 8.91. The van der Waals surface area contributed by atoms with Gasteiger partial charge in [-0.3, -0.25) is 4.79 Å². The molecule has 0 radical (unpaired) electrons. The van der Waals surface area contributed by atoms with E-state index in [0.717, 1.165) is 22.4 Å². The van der Waals surface area contributed by atoms with E-state index in [1.54, 1.807) is 12.3 Å². The lowest BCUT2D eigenvalue weighted by Crippen LogP contribution is -2.15. The van der Waals surface area contributed by atoms with Crippen molar-refractivity contribution in [2.45, 2.75) is 27.7 Å². The topological polar surface area (TPSA) is 68.9 Å². The maximum absolute atomic E-state index is 11.2. The largest absolute Gasteiger partial charge is 0.363 e. The Kier molecular flexibility index (Phi) is 3.34. The van der Waals surface area contributed by atoms with E-state index in [1.165, 1.54) is 11.1 Å². The Bertz CT molecular complexity index is 636. The van der Waals surface area contributed by atoms with Crippen LogP contribution in [0.2, 0.25) is 0 Å². The van der Waals surface area contributed by atoms with E-state index >= 15 is 0 Å². The highest BCUT2D eigenvalue weighted by Gasteiger charge is 2.13. The molecule has 0 aliphatic heterocycles. The molecule has 4 nitrogen and oxygen atoms in total. The van der Waals surface area contributed by atoms with Gasteiger partial charge in [0.1, 0.15) is 0 Å². The minimum atomic E-state index is -0.610. The number of amides is 1. The van der Waals surface area contributed by atoms with Crippen molar-refractivity contribution >= 4 is 5.91 Å². The van der Waals surface area contributed by atoms with Crippen molar-refractivity contribution < 1.29 is 4.79 Å². The molecule has 2 N–H and O–H groups in total. The molecular formula is C15H17N3O. The average Bonchev–Trinajstić information content (AvgIpc) is 2.37. The molecule has 0 aliphatic carbocycles. The zero-order chi connectivity index (χ0) is 14.2. The second kappa shape index (κ2) is 4.80. The van der Waals surface area contributed by atoms with Crippen molar-refractivity contribution in [3.8, 4) is 11.3 Å². The zero-order valence-electron chi connectivity index (χ0n) is 11.6. The van der Waals surface area contributed by atoms with Crippen LogP contribution in [-0.4, -0.2) is 15.9 Å². The van der Waals surface area contributed by atoms with Crippen LogP contribution in [0.15, 0.2) is 18.3 Å². The van der Waals surface area contributed by atoms with Crippen LogP contribution >= 0.6 is 0 Å². The molecule has 0 atom stereocenters. The van der Waals surface area contributed by atoms with Crippen molar-refractivity contribution in [3.63, 3.8) is 0 Å². The predicted molar refractivity (Wildman–Crippen MR) is 74.9 cm³/mol. The fraction of sp³-hybridized carbons (Fsp3) is 0.267. The van der Waals surface area contributed by atoms with Crippen LogP contribution in [0, 0.1) is 27.7 Å². The molecule has 19 heavy (non-hydrogen) atoms. The van der Waals surface area contributed by atoms with E-state index in [2.05, 4.69) is 43.7 Å². The van der Waals surface area contributed by atoms with Crippen LogP contribution in [0.1, 0.15) is 32.9 Å². The molecule has 0 saturated heterocycles. The Hall–Kier alpha value is -2.23. The van der Waals surface area contributed by atoms with Gasteiger partial charge in [-0.15, -0.1) is 0 Å². The van der Waals surface area contributed by atoms with E-state index in [0.29, 0.717) is 0 Å². The molecule has 1 aromatic heterocycles. The number of hydrogen-bond acceptors (Lipinski definition) is 3. The molecule has 0 aliphatic rings. The van der Waals surface area contributed by atoms with E-state index in [4.69, 9.17) is 5.73 Å². The summed E-state index contributed by atoms with van der Waals surface area (Å²) in [5.41, 5.74) is 11.8. The third-order valence-corrected chi connectivity index (χ3v) is 3.50. The molecule has 0 saturated carbocycles. The molecule has 98 valence electrons. The first-order valence-electron chi connectivity index (χ1n) is 6.12. The molecule has 4 heteroatoms. The molecular weight excluding hydrogens is 238 g/mol. The molecule has 1 heterocycles. The molecule has 0 bridgehead atoms.